The smallest absolute Gasteiger partial charge is 0.343 e. The third-order valence-electron chi connectivity index (χ3n) is 2.56. The highest BCUT2D eigenvalue weighted by Gasteiger charge is 2.04. The van der Waals surface area contributed by atoms with E-state index in [1.165, 1.54) is 16.3 Å². The van der Waals surface area contributed by atoms with Crippen molar-refractivity contribution >= 4 is 11.8 Å². The summed E-state index contributed by atoms with van der Waals surface area (Å²) in [6.07, 6.45) is 0. The Balaban J connectivity index is 1.75. The molecular formula is C13H17N3O3S. The Morgan fingerprint density at radius 2 is 1.90 bits per heavy atom. The number of aromatic amines is 1. The van der Waals surface area contributed by atoms with Crippen LogP contribution in [0.5, 0.6) is 11.5 Å². The van der Waals surface area contributed by atoms with Gasteiger partial charge in [0, 0.05) is 12.8 Å². The highest BCUT2D eigenvalue weighted by molar-refractivity contribution is 7.99. The second kappa shape index (κ2) is 7.04. The van der Waals surface area contributed by atoms with Gasteiger partial charge in [-0.2, -0.15) is 0 Å². The lowest BCUT2D eigenvalue weighted by atomic mass is 10.3. The quantitative estimate of drug-likeness (QED) is 0.621. The van der Waals surface area contributed by atoms with Crippen molar-refractivity contribution in [1.29, 1.82) is 0 Å². The van der Waals surface area contributed by atoms with Crippen molar-refractivity contribution in [1.82, 2.24) is 14.8 Å². The molecule has 0 unspecified atom stereocenters. The molecule has 0 aliphatic heterocycles. The van der Waals surface area contributed by atoms with Crippen LogP contribution in [-0.2, 0) is 7.05 Å². The Morgan fingerprint density at radius 1 is 1.25 bits per heavy atom. The van der Waals surface area contributed by atoms with Gasteiger partial charge in [-0.05, 0) is 31.2 Å². The molecule has 2 aromatic rings. The van der Waals surface area contributed by atoms with E-state index in [4.69, 9.17) is 9.47 Å². The lowest BCUT2D eigenvalue weighted by Gasteiger charge is -2.07. The van der Waals surface area contributed by atoms with Crippen LogP contribution < -0.4 is 15.2 Å². The van der Waals surface area contributed by atoms with E-state index in [2.05, 4.69) is 10.2 Å². The largest absolute Gasteiger partial charge is 0.494 e. The van der Waals surface area contributed by atoms with Gasteiger partial charge in [-0.1, -0.05) is 11.8 Å². The zero-order chi connectivity index (χ0) is 14.4. The first-order chi connectivity index (χ1) is 9.70. The van der Waals surface area contributed by atoms with Gasteiger partial charge in [0.05, 0.1) is 13.2 Å². The second-order valence-electron chi connectivity index (χ2n) is 3.97. The number of H-pyrrole nitrogens is 1. The summed E-state index contributed by atoms with van der Waals surface area (Å²) in [5.74, 6) is 2.34. The first kappa shape index (κ1) is 14.5. The zero-order valence-electron chi connectivity index (χ0n) is 11.5. The standard InChI is InChI=1S/C13H17N3O3S/c1-3-18-10-4-6-11(7-5-10)19-8-9-20-13-15-14-12(17)16(13)2/h4-7H,3,8-9H2,1-2H3,(H,14,17). The minimum Gasteiger partial charge on any atom is -0.494 e. The molecule has 1 heterocycles. The number of hydrogen-bond acceptors (Lipinski definition) is 5. The Labute approximate surface area is 121 Å². The molecule has 1 aromatic heterocycles. The van der Waals surface area contributed by atoms with Gasteiger partial charge in [-0.25, -0.2) is 9.89 Å². The number of hydrogen-bond donors (Lipinski definition) is 1. The van der Waals surface area contributed by atoms with Crippen LogP contribution in [0.1, 0.15) is 6.92 Å². The molecule has 20 heavy (non-hydrogen) atoms. The molecular weight excluding hydrogens is 278 g/mol. The minimum atomic E-state index is -0.208. The summed E-state index contributed by atoms with van der Waals surface area (Å²) in [6.45, 7) is 3.14. The van der Waals surface area contributed by atoms with Gasteiger partial charge in [-0.15, -0.1) is 5.10 Å². The zero-order valence-corrected chi connectivity index (χ0v) is 12.3. The van der Waals surface area contributed by atoms with Crippen LogP contribution in [0.15, 0.2) is 34.2 Å². The fourth-order valence-corrected chi connectivity index (χ4v) is 2.29. The predicted octanol–water partition coefficient (Wildman–Crippen LogP) is 1.68. The third kappa shape index (κ3) is 3.80. The molecule has 0 fully saturated rings. The maximum Gasteiger partial charge on any atom is 0.343 e. The molecule has 0 saturated heterocycles. The fourth-order valence-electron chi connectivity index (χ4n) is 1.55. The highest BCUT2D eigenvalue weighted by atomic mass is 32.2. The monoisotopic (exact) mass is 295 g/mol. The average Bonchev–Trinajstić information content (AvgIpc) is 2.77. The first-order valence-corrected chi connectivity index (χ1v) is 7.29. The minimum absolute atomic E-state index is 0.208. The number of thioether (sulfide) groups is 1. The molecule has 1 N–H and O–H groups in total. The number of benzene rings is 1. The van der Waals surface area contributed by atoms with Crippen molar-refractivity contribution in [3.8, 4) is 11.5 Å². The lowest BCUT2D eigenvalue weighted by molar-refractivity contribution is 0.332. The van der Waals surface area contributed by atoms with Crippen molar-refractivity contribution in [3.63, 3.8) is 0 Å². The molecule has 0 aliphatic carbocycles. The van der Waals surface area contributed by atoms with E-state index >= 15 is 0 Å². The van der Waals surface area contributed by atoms with Gasteiger partial charge in [0.1, 0.15) is 11.5 Å². The van der Waals surface area contributed by atoms with E-state index in [0.29, 0.717) is 24.1 Å². The Morgan fingerprint density at radius 3 is 2.45 bits per heavy atom. The summed E-state index contributed by atoms with van der Waals surface area (Å²) in [7, 11) is 1.68. The van der Waals surface area contributed by atoms with Gasteiger partial charge in [0.15, 0.2) is 5.16 Å². The number of rotatable bonds is 7. The SMILES string of the molecule is CCOc1ccc(OCCSc2n[nH]c(=O)n2C)cc1. The number of nitrogens with one attached hydrogen (secondary N) is 1. The van der Waals surface area contributed by atoms with E-state index in [1.54, 1.807) is 7.05 Å². The Kier molecular flexibility index (Phi) is 5.11. The number of nitrogens with zero attached hydrogens (tertiary/aromatic N) is 2. The van der Waals surface area contributed by atoms with Crippen molar-refractivity contribution in [2.45, 2.75) is 12.1 Å². The van der Waals surface area contributed by atoms with E-state index in [9.17, 15) is 4.79 Å². The lowest BCUT2D eigenvalue weighted by Crippen LogP contribution is -2.13. The summed E-state index contributed by atoms with van der Waals surface area (Å²) >= 11 is 1.47. The molecule has 0 radical (unpaired) electrons. The molecule has 1 aromatic carbocycles. The summed E-state index contributed by atoms with van der Waals surface area (Å²) in [6, 6.07) is 7.51. The molecule has 0 atom stereocenters. The predicted molar refractivity (Wildman–Crippen MR) is 77.7 cm³/mol. The summed E-state index contributed by atoms with van der Waals surface area (Å²) in [5.41, 5.74) is -0.208. The number of ether oxygens (including phenoxy) is 2. The molecule has 2 rings (SSSR count). The van der Waals surface area contributed by atoms with Crippen molar-refractivity contribution in [2.24, 2.45) is 7.05 Å². The van der Waals surface area contributed by atoms with Crippen molar-refractivity contribution in [3.05, 3.63) is 34.7 Å². The van der Waals surface area contributed by atoms with Crippen LogP contribution >= 0.6 is 11.8 Å². The van der Waals surface area contributed by atoms with E-state index in [0.717, 1.165) is 11.5 Å². The van der Waals surface area contributed by atoms with Crippen LogP contribution in [-0.4, -0.2) is 33.7 Å². The first-order valence-electron chi connectivity index (χ1n) is 6.30. The maximum atomic E-state index is 11.2. The molecule has 0 spiro atoms. The topological polar surface area (TPSA) is 69.1 Å². The second-order valence-corrected chi connectivity index (χ2v) is 5.03. The van der Waals surface area contributed by atoms with Crippen LogP contribution in [0.3, 0.4) is 0 Å². The molecule has 0 saturated carbocycles. The van der Waals surface area contributed by atoms with Gasteiger partial charge < -0.3 is 9.47 Å². The Hall–Kier alpha value is -1.89. The average molecular weight is 295 g/mol. The molecule has 7 heteroatoms. The summed E-state index contributed by atoms with van der Waals surface area (Å²) in [4.78, 5) is 11.2. The highest BCUT2D eigenvalue weighted by Crippen LogP contribution is 2.18. The molecule has 0 bridgehead atoms. The van der Waals surface area contributed by atoms with E-state index in [-0.39, 0.29) is 5.69 Å². The fraction of sp³-hybridized carbons (Fsp3) is 0.385. The van der Waals surface area contributed by atoms with Crippen LogP contribution in [0.2, 0.25) is 0 Å². The molecule has 6 nitrogen and oxygen atoms in total. The third-order valence-corrected chi connectivity index (χ3v) is 3.55. The number of aromatic nitrogens is 3. The molecule has 0 amide bonds. The van der Waals surface area contributed by atoms with Crippen molar-refractivity contribution in [2.75, 3.05) is 19.0 Å². The maximum absolute atomic E-state index is 11.2. The molecule has 108 valence electrons. The van der Waals surface area contributed by atoms with Gasteiger partial charge in [0.2, 0.25) is 0 Å². The van der Waals surface area contributed by atoms with Crippen LogP contribution in [0.4, 0.5) is 0 Å². The van der Waals surface area contributed by atoms with E-state index < -0.39 is 0 Å². The normalized spacial score (nSPS) is 10.5. The summed E-state index contributed by atoms with van der Waals surface area (Å²) < 4.78 is 12.4. The Bertz CT molecular complexity index is 592. The van der Waals surface area contributed by atoms with Gasteiger partial charge in [0.25, 0.3) is 0 Å². The van der Waals surface area contributed by atoms with Gasteiger partial charge in [-0.3, -0.25) is 4.57 Å². The van der Waals surface area contributed by atoms with E-state index in [1.807, 2.05) is 31.2 Å². The van der Waals surface area contributed by atoms with Gasteiger partial charge >= 0.3 is 5.69 Å². The van der Waals surface area contributed by atoms with Crippen LogP contribution in [0, 0.1) is 0 Å². The molecule has 0 aliphatic rings. The summed E-state index contributed by atoms with van der Waals surface area (Å²) in [5, 5.41) is 6.96. The van der Waals surface area contributed by atoms with Crippen LogP contribution in [0.25, 0.3) is 0 Å². The van der Waals surface area contributed by atoms with Crippen molar-refractivity contribution < 1.29 is 9.47 Å².